The summed E-state index contributed by atoms with van der Waals surface area (Å²) in [6.45, 7) is 0. The Balaban J connectivity index is 2.58. The van der Waals surface area contributed by atoms with Crippen LogP contribution in [0.25, 0.3) is 0 Å². The molecule has 0 aromatic carbocycles. The summed E-state index contributed by atoms with van der Waals surface area (Å²) < 4.78 is 0. The fourth-order valence-corrected chi connectivity index (χ4v) is 1.29. The molecule has 1 nitrogen and oxygen atoms in total. The molecule has 0 aliphatic heterocycles. The van der Waals surface area contributed by atoms with Crippen LogP contribution >= 0.6 is 12.6 Å². The van der Waals surface area contributed by atoms with E-state index in [-0.39, 0.29) is 0 Å². The number of allylic oxidation sites excluding steroid dienone is 5. The van der Waals surface area contributed by atoms with Crippen molar-refractivity contribution < 1.29 is 0 Å². The second-order valence-electron chi connectivity index (χ2n) is 2.38. The van der Waals surface area contributed by atoms with E-state index in [1.54, 1.807) is 0 Å². The predicted octanol–water partition coefficient (Wildman–Crippen LogP) is 2.46. The first-order chi connectivity index (χ1) is 5.33. The molecule has 0 spiro atoms. The van der Waals surface area contributed by atoms with Gasteiger partial charge in [-0.15, -0.1) is 12.6 Å². The van der Waals surface area contributed by atoms with Gasteiger partial charge in [0.2, 0.25) is 0 Å². The van der Waals surface area contributed by atoms with Crippen molar-refractivity contribution in [3.63, 3.8) is 0 Å². The Morgan fingerprint density at radius 3 is 3.18 bits per heavy atom. The van der Waals surface area contributed by atoms with E-state index in [9.17, 15) is 0 Å². The van der Waals surface area contributed by atoms with Crippen molar-refractivity contribution in [3.05, 3.63) is 35.3 Å². The molecule has 0 heterocycles. The summed E-state index contributed by atoms with van der Waals surface area (Å²) >= 11 is 4.20. The highest BCUT2D eigenvalue weighted by Crippen LogP contribution is 2.19. The van der Waals surface area contributed by atoms with Gasteiger partial charge in [-0.3, -0.25) is 0 Å². The number of hydrogen-bond acceptors (Lipinski definition) is 2. The third kappa shape index (κ3) is 2.65. The quantitative estimate of drug-likeness (QED) is 0.466. The molecule has 0 N–H and O–H groups in total. The van der Waals surface area contributed by atoms with Gasteiger partial charge in [0.1, 0.15) is 0 Å². The number of rotatable bonds is 1. The van der Waals surface area contributed by atoms with Gasteiger partial charge in [0.05, 0.1) is 6.07 Å². The molecule has 0 saturated heterocycles. The monoisotopic (exact) mass is 163 g/mol. The van der Waals surface area contributed by atoms with Crippen LogP contribution in [-0.4, -0.2) is 0 Å². The van der Waals surface area contributed by atoms with Gasteiger partial charge < -0.3 is 0 Å². The zero-order valence-electron chi connectivity index (χ0n) is 6.07. The second kappa shape index (κ2) is 4.05. The van der Waals surface area contributed by atoms with Crippen LogP contribution in [-0.2, 0) is 0 Å². The first-order valence-electron chi connectivity index (χ1n) is 3.46. The van der Waals surface area contributed by atoms with Gasteiger partial charge >= 0.3 is 0 Å². The zero-order valence-corrected chi connectivity index (χ0v) is 6.96. The molecule has 0 radical (unpaired) electrons. The van der Waals surface area contributed by atoms with Crippen LogP contribution in [0.3, 0.4) is 0 Å². The van der Waals surface area contributed by atoms with Crippen LogP contribution in [0.2, 0.25) is 0 Å². The Hall–Kier alpha value is -0.940. The topological polar surface area (TPSA) is 23.8 Å². The Kier molecular flexibility index (Phi) is 3.00. The average Bonchev–Trinajstić information content (AvgIpc) is 2.01. The standard InChI is InChI=1S/C9H9NS/c10-6-2-4-8-3-1-5-9(11)7-8/h1-2,4-5,7-8,11H,3H2/b4-2+. The average molecular weight is 163 g/mol. The van der Waals surface area contributed by atoms with Crippen molar-refractivity contribution in [1.29, 1.82) is 5.26 Å². The Labute approximate surface area is 72.1 Å². The minimum Gasteiger partial charge on any atom is -0.193 e. The number of nitriles is 1. The minimum absolute atomic E-state index is 0.354. The Bertz CT molecular complexity index is 255. The van der Waals surface area contributed by atoms with Crippen LogP contribution < -0.4 is 0 Å². The summed E-state index contributed by atoms with van der Waals surface area (Å²) in [4.78, 5) is 0.976. The molecule has 0 aromatic heterocycles. The molecule has 1 unspecified atom stereocenters. The highest BCUT2D eigenvalue weighted by Gasteiger charge is 2.02. The van der Waals surface area contributed by atoms with E-state index in [2.05, 4.69) is 18.7 Å². The Morgan fingerprint density at radius 2 is 2.55 bits per heavy atom. The lowest BCUT2D eigenvalue weighted by atomic mass is 10.0. The second-order valence-corrected chi connectivity index (χ2v) is 2.90. The third-order valence-electron chi connectivity index (χ3n) is 1.50. The molecule has 1 rings (SSSR count). The summed E-state index contributed by atoms with van der Waals surface area (Å²) in [5.74, 6) is 0.354. The van der Waals surface area contributed by atoms with E-state index >= 15 is 0 Å². The van der Waals surface area contributed by atoms with E-state index in [1.165, 1.54) is 6.08 Å². The lowest BCUT2D eigenvalue weighted by molar-refractivity contribution is 0.820. The molecule has 1 aliphatic rings. The van der Waals surface area contributed by atoms with Crippen LogP contribution in [0.5, 0.6) is 0 Å². The summed E-state index contributed by atoms with van der Waals surface area (Å²) in [5, 5.41) is 8.27. The van der Waals surface area contributed by atoms with Gasteiger partial charge in [-0.1, -0.05) is 24.3 Å². The summed E-state index contributed by atoms with van der Waals surface area (Å²) in [6.07, 6.45) is 10.5. The van der Waals surface area contributed by atoms with Crippen molar-refractivity contribution in [2.75, 3.05) is 0 Å². The van der Waals surface area contributed by atoms with Crippen molar-refractivity contribution >= 4 is 12.6 Å². The molecule has 0 aromatic rings. The molecule has 0 fully saturated rings. The number of hydrogen-bond donors (Lipinski definition) is 1. The highest BCUT2D eigenvalue weighted by molar-refractivity contribution is 7.84. The van der Waals surface area contributed by atoms with Crippen molar-refractivity contribution in [3.8, 4) is 6.07 Å². The summed E-state index contributed by atoms with van der Waals surface area (Å²) in [6, 6.07) is 1.97. The van der Waals surface area contributed by atoms with Crippen LogP contribution in [0, 0.1) is 17.2 Å². The molecule has 2 heteroatoms. The molecule has 1 aliphatic carbocycles. The van der Waals surface area contributed by atoms with Gasteiger partial charge in [0.25, 0.3) is 0 Å². The Morgan fingerprint density at radius 1 is 1.73 bits per heavy atom. The van der Waals surface area contributed by atoms with E-state index < -0.39 is 0 Å². The largest absolute Gasteiger partial charge is 0.193 e. The van der Waals surface area contributed by atoms with Gasteiger partial charge in [0.15, 0.2) is 0 Å². The van der Waals surface area contributed by atoms with E-state index in [0.29, 0.717) is 5.92 Å². The van der Waals surface area contributed by atoms with E-state index in [4.69, 9.17) is 5.26 Å². The predicted molar refractivity (Wildman–Crippen MR) is 49.1 cm³/mol. The maximum atomic E-state index is 8.27. The molecule has 0 bridgehead atoms. The number of nitrogens with zero attached hydrogens (tertiary/aromatic N) is 1. The van der Waals surface area contributed by atoms with Gasteiger partial charge in [-0.2, -0.15) is 5.26 Å². The lowest BCUT2D eigenvalue weighted by Gasteiger charge is -2.08. The fraction of sp³-hybridized carbons (Fsp3) is 0.222. The molecule has 0 saturated carbocycles. The van der Waals surface area contributed by atoms with Gasteiger partial charge in [-0.05, 0) is 6.42 Å². The van der Waals surface area contributed by atoms with Crippen LogP contribution in [0.15, 0.2) is 35.3 Å². The first-order valence-corrected chi connectivity index (χ1v) is 3.91. The van der Waals surface area contributed by atoms with Crippen molar-refractivity contribution in [1.82, 2.24) is 0 Å². The normalized spacial score (nSPS) is 23.3. The van der Waals surface area contributed by atoms with Crippen LogP contribution in [0.1, 0.15) is 6.42 Å². The molecular weight excluding hydrogens is 154 g/mol. The summed E-state index contributed by atoms with van der Waals surface area (Å²) in [7, 11) is 0. The molecular formula is C9H9NS. The smallest absolute Gasteiger partial charge is 0.0908 e. The fourth-order valence-electron chi connectivity index (χ4n) is 0.990. The van der Waals surface area contributed by atoms with E-state index in [0.717, 1.165) is 11.3 Å². The maximum Gasteiger partial charge on any atom is 0.0908 e. The zero-order chi connectivity index (χ0) is 8.10. The van der Waals surface area contributed by atoms with Crippen molar-refractivity contribution in [2.24, 2.45) is 5.92 Å². The first kappa shape index (κ1) is 8.16. The minimum atomic E-state index is 0.354. The molecule has 11 heavy (non-hydrogen) atoms. The SMILES string of the molecule is N#C/C=C/C1C=C(S)C=CC1. The molecule has 0 amide bonds. The van der Waals surface area contributed by atoms with Gasteiger partial charge in [-0.25, -0.2) is 0 Å². The summed E-state index contributed by atoms with van der Waals surface area (Å²) in [5.41, 5.74) is 0. The van der Waals surface area contributed by atoms with Crippen LogP contribution in [0.4, 0.5) is 0 Å². The third-order valence-corrected chi connectivity index (χ3v) is 1.80. The molecule has 1 atom stereocenters. The highest BCUT2D eigenvalue weighted by atomic mass is 32.1. The van der Waals surface area contributed by atoms with E-state index in [1.807, 2.05) is 24.3 Å². The van der Waals surface area contributed by atoms with Crippen molar-refractivity contribution in [2.45, 2.75) is 6.42 Å². The van der Waals surface area contributed by atoms with Gasteiger partial charge in [0, 0.05) is 16.9 Å². The molecule has 56 valence electrons. The maximum absolute atomic E-state index is 8.27. The lowest BCUT2D eigenvalue weighted by Crippen LogP contribution is -1.93. The number of thiol groups is 1.